The summed E-state index contributed by atoms with van der Waals surface area (Å²) < 4.78 is 0. The molecule has 0 aliphatic heterocycles. The van der Waals surface area contributed by atoms with Gasteiger partial charge in [0.1, 0.15) is 11.4 Å². The lowest BCUT2D eigenvalue weighted by atomic mass is 9.97. The van der Waals surface area contributed by atoms with Gasteiger partial charge in [0.15, 0.2) is 5.78 Å². The number of aromatic hydroxyl groups is 1. The first kappa shape index (κ1) is 20.7. The lowest BCUT2D eigenvalue weighted by Gasteiger charge is -2.11. The Morgan fingerprint density at radius 1 is 0.969 bits per heavy atom. The maximum Gasteiger partial charge on any atom is 0.271 e. The van der Waals surface area contributed by atoms with E-state index in [4.69, 9.17) is 5.73 Å². The van der Waals surface area contributed by atoms with Gasteiger partial charge in [-0.2, -0.15) is 5.11 Å². The van der Waals surface area contributed by atoms with Crippen molar-refractivity contribution < 1.29 is 14.8 Å². The first-order valence-electron chi connectivity index (χ1n) is 9.71. The van der Waals surface area contributed by atoms with Gasteiger partial charge in [-0.05, 0) is 17.5 Å². The molecule has 3 N–H and O–H groups in total. The second kappa shape index (κ2) is 8.65. The molecule has 0 atom stereocenters. The third kappa shape index (κ3) is 4.15. The number of nitrogens with zero attached hydrogens (tertiary/aromatic N) is 3. The number of azo groups is 1. The minimum Gasteiger partial charge on any atom is -0.507 e. The van der Waals surface area contributed by atoms with Crippen LogP contribution in [0.5, 0.6) is 5.75 Å². The van der Waals surface area contributed by atoms with Gasteiger partial charge in [-0.3, -0.25) is 14.9 Å². The normalized spacial score (nSPS) is 11.1. The van der Waals surface area contributed by atoms with E-state index in [1.807, 2.05) is 6.07 Å². The number of hydrogen-bond donors (Lipinski definition) is 2. The van der Waals surface area contributed by atoms with Gasteiger partial charge in [0.2, 0.25) is 0 Å². The zero-order chi connectivity index (χ0) is 22.7. The van der Waals surface area contributed by atoms with E-state index in [1.165, 1.54) is 18.2 Å². The molecular weight excluding hydrogens is 408 g/mol. The van der Waals surface area contributed by atoms with E-state index < -0.39 is 4.92 Å². The average molecular weight is 426 g/mol. The maximum atomic E-state index is 12.6. The zero-order valence-corrected chi connectivity index (χ0v) is 16.8. The fourth-order valence-electron chi connectivity index (χ4n) is 3.37. The summed E-state index contributed by atoms with van der Waals surface area (Å²) in [5, 5.41) is 31.0. The van der Waals surface area contributed by atoms with E-state index in [1.54, 1.807) is 54.6 Å². The number of nitro groups is 1. The first-order valence-corrected chi connectivity index (χ1v) is 9.71. The number of nitrogens with two attached hydrogens (primary N) is 1. The molecule has 0 aliphatic rings. The van der Waals surface area contributed by atoms with Crippen molar-refractivity contribution in [3.8, 4) is 5.75 Å². The number of benzene rings is 4. The Morgan fingerprint density at radius 3 is 2.47 bits per heavy atom. The maximum absolute atomic E-state index is 12.6. The molecule has 158 valence electrons. The molecule has 0 aromatic heterocycles. The van der Waals surface area contributed by atoms with Gasteiger partial charge in [0.25, 0.3) is 5.69 Å². The molecule has 0 spiro atoms. The van der Waals surface area contributed by atoms with Crippen LogP contribution in [-0.4, -0.2) is 15.8 Å². The highest BCUT2D eigenvalue weighted by molar-refractivity contribution is 6.04. The summed E-state index contributed by atoms with van der Waals surface area (Å²) in [4.78, 5) is 23.0. The molecule has 4 aromatic carbocycles. The standard InChI is InChI=1S/C24H18N4O4/c25-23-20(27-26-18-7-4-8-19(14-18)28(31)32)12-11-16-9-10-17(24(30)22(16)23)13-21(29)15-5-2-1-3-6-15/h1-12,14,30H,13,25H2. The fourth-order valence-corrected chi connectivity index (χ4v) is 3.37. The quantitative estimate of drug-likeness (QED) is 0.131. The van der Waals surface area contributed by atoms with Crippen LogP contribution < -0.4 is 5.73 Å². The lowest BCUT2D eigenvalue weighted by Crippen LogP contribution is -2.04. The topological polar surface area (TPSA) is 131 Å². The smallest absolute Gasteiger partial charge is 0.271 e. The summed E-state index contributed by atoms with van der Waals surface area (Å²) in [5.41, 5.74) is 7.96. The number of fused-ring (bicyclic) bond motifs is 1. The van der Waals surface area contributed by atoms with Crippen LogP contribution >= 0.6 is 0 Å². The summed E-state index contributed by atoms with van der Waals surface area (Å²) in [6, 6.07) is 21.4. The second-order valence-electron chi connectivity index (χ2n) is 7.11. The van der Waals surface area contributed by atoms with Crippen LogP contribution in [0.4, 0.5) is 22.7 Å². The predicted molar refractivity (Wildman–Crippen MR) is 122 cm³/mol. The molecule has 8 heteroatoms. The van der Waals surface area contributed by atoms with Crippen molar-refractivity contribution in [3.05, 3.63) is 100 Å². The molecule has 0 radical (unpaired) electrons. The Morgan fingerprint density at radius 2 is 1.72 bits per heavy atom. The van der Waals surface area contributed by atoms with Gasteiger partial charge < -0.3 is 10.8 Å². The van der Waals surface area contributed by atoms with Crippen molar-refractivity contribution >= 4 is 39.3 Å². The molecule has 0 heterocycles. The van der Waals surface area contributed by atoms with Crippen LogP contribution in [0.25, 0.3) is 10.8 Å². The zero-order valence-electron chi connectivity index (χ0n) is 16.8. The molecule has 0 bridgehead atoms. The second-order valence-corrected chi connectivity index (χ2v) is 7.11. The van der Waals surface area contributed by atoms with E-state index in [2.05, 4.69) is 10.2 Å². The first-order chi connectivity index (χ1) is 15.4. The summed E-state index contributed by atoms with van der Waals surface area (Å²) in [7, 11) is 0. The number of carbonyl (C=O) groups excluding carboxylic acids is 1. The highest BCUT2D eigenvalue weighted by Crippen LogP contribution is 2.39. The molecule has 0 saturated heterocycles. The number of Topliss-reactive ketones (excluding diaryl/α,β-unsaturated/α-hetero) is 1. The third-order valence-electron chi connectivity index (χ3n) is 5.02. The predicted octanol–water partition coefficient (Wildman–Crippen LogP) is 5.88. The SMILES string of the molecule is Nc1c(N=Nc2cccc([N+](=O)[O-])c2)ccc2ccc(CC(=O)c3ccccc3)c(O)c12. The molecule has 0 fully saturated rings. The number of ketones is 1. The number of non-ortho nitro benzene ring substituents is 1. The van der Waals surface area contributed by atoms with E-state index in [0.29, 0.717) is 33.3 Å². The summed E-state index contributed by atoms with van der Waals surface area (Å²) in [6.07, 6.45) is 0.0185. The highest BCUT2D eigenvalue weighted by atomic mass is 16.6. The Bertz CT molecular complexity index is 1370. The van der Waals surface area contributed by atoms with Gasteiger partial charge in [-0.25, -0.2) is 0 Å². The van der Waals surface area contributed by atoms with Crippen molar-refractivity contribution in [1.82, 2.24) is 0 Å². The molecule has 4 aromatic rings. The molecule has 8 nitrogen and oxygen atoms in total. The number of rotatable bonds is 6. The molecular formula is C24H18N4O4. The molecule has 0 unspecified atom stereocenters. The van der Waals surface area contributed by atoms with E-state index in [9.17, 15) is 20.0 Å². The van der Waals surface area contributed by atoms with Gasteiger partial charge in [0, 0.05) is 35.1 Å². The van der Waals surface area contributed by atoms with Crippen LogP contribution in [0.15, 0.2) is 89.1 Å². The van der Waals surface area contributed by atoms with Crippen LogP contribution in [0, 0.1) is 10.1 Å². The van der Waals surface area contributed by atoms with E-state index in [0.717, 1.165) is 0 Å². The molecule has 0 amide bonds. The van der Waals surface area contributed by atoms with Crippen LogP contribution in [0.2, 0.25) is 0 Å². The number of carbonyl (C=O) groups is 1. The number of anilines is 1. The van der Waals surface area contributed by atoms with Gasteiger partial charge in [-0.1, -0.05) is 54.6 Å². The van der Waals surface area contributed by atoms with Crippen molar-refractivity contribution in [2.45, 2.75) is 6.42 Å². The van der Waals surface area contributed by atoms with E-state index in [-0.39, 0.29) is 29.3 Å². The minimum absolute atomic E-state index is 0.0185. The van der Waals surface area contributed by atoms with Gasteiger partial charge in [0.05, 0.1) is 16.3 Å². The molecule has 0 aliphatic carbocycles. The Labute approximate surface area is 182 Å². The molecule has 32 heavy (non-hydrogen) atoms. The Hall–Kier alpha value is -4.59. The van der Waals surface area contributed by atoms with Crippen LogP contribution in [0.3, 0.4) is 0 Å². The Balaban J connectivity index is 1.68. The largest absolute Gasteiger partial charge is 0.507 e. The molecule has 0 saturated carbocycles. The van der Waals surface area contributed by atoms with E-state index >= 15 is 0 Å². The Kier molecular flexibility index (Phi) is 5.59. The summed E-state index contributed by atoms with van der Waals surface area (Å²) >= 11 is 0. The van der Waals surface area contributed by atoms with Gasteiger partial charge in [-0.15, -0.1) is 5.11 Å². The highest BCUT2D eigenvalue weighted by Gasteiger charge is 2.15. The van der Waals surface area contributed by atoms with Gasteiger partial charge >= 0.3 is 0 Å². The van der Waals surface area contributed by atoms with Crippen molar-refractivity contribution in [1.29, 1.82) is 0 Å². The third-order valence-corrected chi connectivity index (χ3v) is 5.02. The number of phenols is 1. The number of phenolic OH excluding ortho intramolecular Hbond substituents is 1. The van der Waals surface area contributed by atoms with Crippen LogP contribution in [-0.2, 0) is 6.42 Å². The fraction of sp³-hybridized carbons (Fsp3) is 0.0417. The number of nitro benzene ring substituents is 1. The van der Waals surface area contributed by atoms with Crippen molar-refractivity contribution in [3.63, 3.8) is 0 Å². The van der Waals surface area contributed by atoms with Crippen molar-refractivity contribution in [2.24, 2.45) is 10.2 Å². The van der Waals surface area contributed by atoms with Crippen LogP contribution in [0.1, 0.15) is 15.9 Å². The summed E-state index contributed by atoms with van der Waals surface area (Å²) in [5.74, 6) is -0.211. The molecule has 4 rings (SSSR count). The average Bonchev–Trinajstić information content (AvgIpc) is 2.81. The number of nitrogen functional groups attached to an aromatic ring is 1. The lowest BCUT2D eigenvalue weighted by molar-refractivity contribution is -0.384. The monoisotopic (exact) mass is 426 g/mol. The summed E-state index contributed by atoms with van der Waals surface area (Å²) in [6.45, 7) is 0. The minimum atomic E-state index is -0.514. The number of hydrogen-bond acceptors (Lipinski definition) is 7. The van der Waals surface area contributed by atoms with Crippen molar-refractivity contribution in [2.75, 3.05) is 5.73 Å².